The Morgan fingerprint density at radius 2 is 1.89 bits per heavy atom. The Morgan fingerprint density at radius 1 is 1.16 bits per heavy atom. The van der Waals surface area contributed by atoms with Gasteiger partial charge >= 0.3 is 0 Å². The molecular weight excluding hydrogens is 247 g/mol. The summed E-state index contributed by atoms with van der Waals surface area (Å²) in [7, 11) is 0. The number of carbonyl (C=O) groups is 1. The monoisotopic (exact) mass is 260 g/mol. The molecule has 1 amide bonds. The molecule has 0 radical (unpaired) electrons. The Morgan fingerprint density at radius 3 is 2.53 bits per heavy atom. The molecule has 0 aliphatic carbocycles. The molecule has 2 rings (SSSR count). The summed E-state index contributed by atoms with van der Waals surface area (Å²) in [5, 5.41) is 0. The Balaban J connectivity index is 2.37. The summed E-state index contributed by atoms with van der Waals surface area (Å²) < 4.78 is 18.6. The third-order valence-corrected chi connectivity index (χ3v) is 2.65. The van der Waals surface area contributed by atoms with Crippen LogP contribution in [0.4, 0.5) is 10.1 Å². The Bertz CT molecular complexity index is 641. The number of rotatable bonds is 3. The first-order valence-corrected chi connectivity index (χ1v) is 5.60. The van der Waals surface area contributed by atoms with Crippen LogP contribution in [0.3, 0.4) is 0 Å². The maximum atomic E-state index is 13.0. The van der Waals surface area contributed by atoms with Crippen molar-refractivity contribution in [3.05, 3.63) is 53.3 Å². The average Bonchev–Trinajstić information content (AvgIpc) is 2.34. The van der Waals surface area contributed by atoms with E-state index in [1.54, 1.807) is 6.92 Å². The molecular formula is C14H13FN2O2. The summed E-state index contributed by atoms with van der Waals surface area (Å²) in [6.07, 6.45) is 0. The fraction of sp³-hybridized carbons (Fsp3) is 0.0714. The number of anilines is 1. The molecule has 2 aromatic carbocycles. The van der Waals surface area contributed by atoms with E-state index >= 15 is 0 Å². The van der Waals surface area contributed by atoms with Gasteiger partial charge in [0.05, 0.1) is 5.69 Å². The van der Waals surface area contributed by atoms with Gasteiger partial charge in [-0.1, -0.05) is 0 Å². The summed E-state index contributed by atoms with van der Waals surface area (Å²) in [4.78, 5) is 11.1. The fourth-order valence-electron chi connectivity index (χ4n) is 1.62. The lowest BCUT2D eigenvalue weighted by molar-refractivity contribution is 0.1000. The largest absolute Gasteiger partial charge is 0.455 e. The molecule has 0 unspecified atom stereocenters. The average molecular weight is 260 g/mol. The van der Waals surface area contributed by atoms with Crippen molar-refractivity contribution in [2.24, 2.45) is 5.73 Å². The molecule has 5 heteroatoms. The second-order valence-corrected chi connectivity index (χ2v) is 4.13. The van der Waals surface area contributed by atoms with Gasteiger partial charge in [-0.25, -0.2) is 4.39 Å². The van der Waals surface area contributed by atoms with Crippen LogP contribution in [0.25, 0.3) is 0 Å². The summed E-state index contributed by atoms with van der Waals surface area (Å²) in [6.45, 7) is 1.71. The van der Waals surface area contributed by atoms with Crippen LogP contribution in [0.15, 0.2) is 36.4 Å². The second kappa shape index (κ2) is 4.97. The molecule has 0 atom stereocenters. The van der Waals surface area contributed by atoms with Gasteiger partial charge < -0.3 is 16.2 Å². The Hall–Kier alpha value is -2.56. The molecule has 0 fully saturated rings. The number of primary amides is 1. The van der Waals surface area contributed by atoms with Crippen LogP contribution in [0.5, 0.6) is 11.5 Å². The van der Waals surface area contributed by atoms with Gasteiger partial charge in [-0.05, 0) is 48.9 Å². The zero-order chi connectivity index (χ0) is 14.0. The van der Waals surface area contributed by atoms with E-state index in [1.165, 1.54) is 36.4 Å². The summed E-state index contributed by atoms with van der Waals surface area (Å²) >= 11 is 0. The number of hydrogen-bond acceptors (Lipinski definition) is 3. The van der Waals surface area contributed by atoms with E-state index in [9.17, 15) is 9.18 Å². The molecule has 0 aliphatic heterocycles. The van der Waals surface area contributed by atoms with Crippen molar-refractivity contribution in [1.82, 2.24) is 0 Å². The van der Waals surface area contributed by atoms with E-state index in [0.29, 0.717) is 28.3 Å². The number of hydrogen-bond donors (Lipinski definition) is 2. The van der Waals surface area contributed by atoms with Crippen molar-refractivity contribution in [3.8, 4) is 11.5 Å². The maximum Gasteiger partial charge on any atom is 0.248 e. The minimum absolute atomic E-state index is 0.295. The Labute approximate surface area is 109 Å². The van der Waals surface area contributed by atoms with E-state index in [2.05, 4.69) is 0 Å². The molecule has 0 saturated heterocycles. The molecule has 0 aliphatic rings. The van der Waals surface area contributed by atoms with Gasteiger partial charge in [0.1, 0.15) is 11.6 Å². The SMILES string of the molecule is Cc1cc(F)ccc1Oc1cc(C(N)=O)ccc1N. The molecule has 98 valence electrons. The lowest BCUT2D eigenvalue weighted by Gasteiger charge is -2.11. The number of halogens is 1. The van der Waals surface area contributed by atoms with Crippen molar-refractivity contribution < 1.29 is 13.9 Å². The van der Waals surface area contributed by atoms with Crippen LogP contribution < -0.4 is 16.2 Å². The van der Waals surface area contributed by atoms with Gasteiger partial charge in [-0.3, -0.25) is 4.79 Å². The minimum Gasteiger partial charge on any atom is -0.455 e. The zero-order valence-electron chi connectivity index (χ0n) is 10.3. The molecule has 4 N–H and O–H groups in total. The topological polar surface area (TPSA) is 78.3 Å². The first-order valence-electron chi connectivity index (χ1n) is 5.60. The maximum absolute atomic E-state index is 13.0. The highest BCUT2D eigenvalue weighted by Gasteiger charge is 2.09. The standard InChI is InChI=1S/C14H13FN2O2/c1-8-6-10(15)3-5-12(8)19-13-7-9(14(17)18)2-4-11(13)16/h2-7H,16H2,1H3,(H2,17,18). The van der Waals surface area contributed by atoms with Crippen molar-refractivity contribution in [2.75, 3.05) is 5.73 Å². The van der Waals surface area contributed by atoms with Gasteiger partial charge in [0.15, 0.2) is 5.75 Å². The summed E-state index contributed by atoms with van der Waals surface area (Å²) in [6, 6.07) is 8.65. The van der Waals surface area contributed by atoms with E-state index in [4.69, 9.17) is 16.2 Å². The van der Waals surface area contributed by atoms with E-state index in [-0.39, 0.29) is 5.82 Å². The summed E-state index contributed by atoms with van der Waals surface area (Å²) in [5.74, 6) is -0.134. The number of nitrogens with two attached hydrogens (primary N) is 2. The molecule has 0 spiro atoms. The fourth-order valence-corrected chi connectivity index (χ4v) is 1.62. The molecule has 0 bridgehead atoms. The van der Waals surface area contributed by atoms with Crippen molar-refractivity contribution >= 4 is 11.6 Å². The molecule has 0 saturated carbocycles. The van der Waals surface area contributed by atoms with Gasteiger partial charge in [0, 0.05) is 5.56 Å². The molecule has 2 aromatic rings. The lowest BCUT2D eigenvalue weighted by atomic mass is 10.1. The number of benzene rings is 2. The van der Waals surface area contributed by atoms with E-state index in [0.717, 1.165) is 0 Å². The van der Waals surface area contributed by atoms with Crippen LogP contribution in [0.1, 0.15) is 15.9 Å². The van der Waals surface area contributed by atoms with Gasteiger partial charge in [-0.2, -0.15) is 0 Å². The molecule has 0 heterocycles. The number of ether oxygens (including phenoxy) is 1. The molecule has 0 aromatic heterocycles. The third-order valence-electron chi connectivity index (χ3n) is 2.65. The van der Waals surface area contributed by atoms with Crippen molar-refractivity contribution in [3.63, 3.8) is 0 Å². The van der Waals surface area contributed by atoms with Crippen LogP contribution in [-0.2, 0) is 0 Å². The second-order valence-electron chi connectivity index (χ2n) is 4.13. The first kappa shape index (κ1) is 12.9. The number of aryl methyl sites for hydroxylation is 1. The predicted molar refractivity (Wildman–Crippen MR) is 70.6 cm³/mol. The summed E-state index contributed by atoms with van der Waals surface area (Å²) in [5.41, 5.74) is 12.3. The lowest BCUT2D eigenvalue weighted by Crippen LogP contribution is -2.11. The number of carbonyl (C=O) groups excluding carboxylic acids is 1. The highest BCUT2D eigenvalue weighted by molar-refractivity contribution is 5.93. The van der Waals surface area contributed by atoms with Crippen LogP contribution in [0.2, 0.25) is 0 Å². The highest BCUT2D eigenvalue weighted by atomic mass is 19.1. The van der Waals surface area contributed by atoms with Crippen molar-refractivity contribution in [1.29, 1.82) is 0 Å². The van der Waals surface area contributed by atoms with E-state index < -0.39 is 5.91 Å². The predicted octanol–water partition coefficient (Wildman–Crippen LogP) is 2.61. The van der Waals surface area contributed by atoms with Crippen molar-refractivity contribution in [2.45, 2.75) is 6.92 Å². The van der Waals surface area contributed by atoms with Gasteiger partial charge in [0.25, 0.3) is 0 Å². The van der Waals surface area contributed by atoms with Crippen LogP contribution >= 0.6 is 0 Å². The normalized spacial score (nSPS) is 10.2. The third kappa shape index (κ3) is 2.82. The first-order chi connectivity index (χ1) is 8.97. The smallest absolute Gasteiger partial charge is 0.248 e. The van der Waals surface area contributed by atoms with Gasteiger partial charge in [0.2, 0.25) is 5.91 Å². The van der Waals surface area contributed by atoms with Crippen LogP contribution in [-0.4, -0.2) is 5.91 Å². The number of amides is 1. The molecule has 19 heavy (non-hydrogen) atoms. The van der Waals surface area contributed by atoms with E-state index in [1.807, 2.05) is 0 Å². The quantitative estimate of drug-likeness (QED) is 0.832. The van der Waals surface area contributed by atoms with Crippen LogP contribution in [0, 0.1) is 12.7 Å². The Kier molecular flexibility index (Phi) is 3.37. The minimum atomic E-state index is -0.569. The highest BCUT2D eigenvalue weighted by Crippen LogP contribution is 2.30. The van der Waals surface area contributed by atoms with Gasteiger partial charge in [-0.15, -0.1) is 0 Å². The molecule has 4 nitrogen and oxygen atoms in total. The number of nitrogen functional groups attached to an aromatic ring is 1. The zero-order valence-corrected chi connectivity index (χ0v) is 10.3.